The second kappa shape index (κ2) is 3.76. The summed E-state index contributed by atoms with van der Waals surface area (Å²) in [6, 6.07) is 1.43. The van der Waals surface area contributed by atoms with Gasteiger partial charge in [-0.05, 0) is 20.8 Å². The van der Waals surface area contributed by atoms with Crippen LogP contribution in [0, 0.1) is 0 Å². The summed E-state index contributed by atoms with van der Waals surface area (Å²) in [5.74, 6) is -0.215. The second-order valence-electron chi connectivity index (χ2n) is 4.20. The summed E-state index contributed by atoms with van der Waals surface area (Å²) >= 11 is 0. The summed E-state index contributed by atoms with van der Waals surface area (Å²) in [4.78, 5) is 15.4. The molecule has 0 saturated heterocycles. The van der Waals surface area contributed by atoms with Crippen LogP contribution < -0.4 is 11.5 Å². The van der Waals surface area contributed by atoms with Crippen LogP contribution in [0.1, 0.15) is 31.1 Å². The van der Waals surface area contributed by atoms with E-state index >= 15 is 0 Å². The number of esters is 1. The molecule has 15 heavy (non-hydrogen) atoms. The molecule has 0 spiro atoms. The molecule has 0 fully saturated rings. The number of pyridine rings is 1. The van der Waals surface area contributed by atoms with Crippen molar-refractivity contribution in [2.75, 3.05) is 11.5 Å². The smallest absolute Gasteiger partial charge is 0.342 e. The monoisotopic (exact) mass is 209 g/mol. The van der Waals surface area contributed by atoms with Crippen LogP contribution in [0.25, 0.3) is 0 Å². The van der Waals surface area contributed by atoms with Crippen molar-refractivity contribution in [1.29, 1.82) is 0 Å². The van der Waals surface area contributed by atoms with E-state index < -0.39 is 11.6 Å². The Bertz CT molecular complexity index is 383. The minimum atomic E-state index is -0.551. The lowest BCUT2D eigenvalue weighted by atomic mass is 10.2. The van der Waals surface area contributed by atoms with E-state index in [9.17, 15) is 4.79 Å². The molecule has 0 saturated carbocycles. The first kappa shape index (κ1) is 11.3. The lowest BCUT2D eigenvalue weighted by molar-refractivity contribution is 0.00704. The second-order valence-corrected chi connectivity index (χ2v) is 4.20. The molecule has 0 amide bonds. The van der Waals surface area contributed by atoms with Gasteiger partial charge in [0, 0.05) is 12.3 Å². The molecule has 82 valence electrons. The first-order chi connectivity index (χ1) is 6.79. The van der Waals surface area contributed by atoms with Crippen LogP contribution >= 0.6 is 0 Å². The van der Waals surface area contributed by atoms with Gasteiger partial charge in [-0.1, -0.05) is 0 Å². The van der Waals surface area contributed by atoms with E-state index in [1.807, 2.05) is 0 Å². The highest BCUT2D eigenvalue weighted by atomic mass is 16.6. The number of nitrogen functional groups attached to an aromatic ring is 2. The minimum absolute atomic E-state index is 0.235. The van der Waals surface area contributed by atoms with Crippen molar-refractivity contribution in [2.24, 2.45) is 0 Å². The Morgan fingerprint density at radius 3 is 2.47 bits per heavy atom. The van der Waals surface area contributed by atoms with Gasteiger partial charge in [-0.15, -0.1) is 0 Å². The Morgan fingerprint density at radius 1 is 1.40 bits per heavy atom. The summed E-state index contributed by atoms with van der Waals surface area (Å²) in [5, 5.41) is 0. The van der Waals surface area contributed by atoms with E-state index in [2.05, 4.69) is 4.98 Å². The van der Waals surface area contributed by atoms with Crippen LogP contribution in [0.15, 0.2) is 12.3 Å². The Kier molecular flexibility index (Phi) is 2.83. The highest BCUT2D eigenvalue weighted by Gasteiger charge is 2.19. The zero-order valence-electron chi connectivity index (χ0n) is 9.07. The zero-order valence-corrected chi connectivity index (χ0v) is 9.07. The van der Waals surface area contributed by atoms with Gasteiger partial charge in [-0.3, -0.25) is 0 Å². The molecule has 1 aromatic rings. The Hall–Kier alpha value is -1.78. The molecule has 1 aromatic heterocycles. The molecule has 0 aliphatic heterocycles. The van der Waals surface area contributed by atoms with E-state index in [4.69, 9.17) is 16.2 Å². The molecule has 0 radical (unpaired) electrons. The number of ether oxygens (including phenoxy) is 1. The average Bonchev–Trinajstić information content (AvgIpc) is 1.99. The third-order valence-electron chi connectivity index (χ3n) is 1.58. The third kappa shape index (κ3) is 3.12. The fraction of sp³-hybridized carbons (Fsp3) is 0.400. The number of hydrogen-bond acceptors (Lipinski definition) is 5. The predicted octanol–water partition coefficient (Wildman–Crippen LogP) is 1.20. The predicted molar refractivity (Wildman–Crippen MR) is 58.2 cm³/mol. The van der Waals surface area contributed by atoms with Crippen LogP contribution in [-0.4, -0.2) is 16.6 Å². The van der Waals surface area contributed by atoms with Crippen molar-refractivity contribution < 1.29 is 9.53 Å². The maximum atomic E-state index is 11.6. The van der Waals surface area contributed by atoms with Crippen molar-refractivity contribution in [3.8, 4) is 0 Å². The molecule has 0 aliphatic rings. The number of nitrogens with zero attached hydrogens (tertiary/aromatic N) is 1. The molecule has 0 atom stereocenters. The van der Waals surface area contributed by atoms with Gasteiger partial charge in [0.2, 0.25) is 0 Å². The quantitative estimate of drug-likeness (QED) is 0.678. The number of aromatic nitrogens is 1. The molecular weight excluding hydrogens is 194 g/mol. The summed E-state index contributed by atoms with van der Waals surface area (Å²) in [7, 11) is 0. The number of hydrogen-bond donors (Lipinski definition) is 2. The number of rotatable bonds is 1. The van der Waals surface area contributed by atoms with Crippen LogP contribution in [0.5, 0.6) is 0 Å². The van der Waals surface area contributed by atoms with Gasteiger partial charge in [-0.2, -0.15) is 0 Å². The molecule has 0 unspecified atom stereocenters. The Morgan fingerprint density at radius 2 is 2.00 bits per heavy atom. The Labute approximate surface area is 88.4 Å². The van der Waals surface area contributed by atoms with Gasteiger partial charge in [-0.25, -0.2) is 9.78 Å². The van der Waals surface area contributed by atoms with Gasteiger partial charge >= 0.3 is 5.97 Å². The molecule has 1 heterocycles. The molecular formula is C10H15N3O2. The molecule has 5 heteroatoms. The zero-order chi connectivity index (χ0) is 11.6. The maximum absolute atomic E-state index is 11.6. The Balaban J connectivity index is 2.92. The number of anilines is 2. The van der Waals surface area contributed by atoms with Gasteiger partial charge in [0.05, 0.1) is 5.69 Å². The van der Waals surface area contributed by atoms with E-state index in [0.717, 1.165) is 0 Å². The van der Waals surface area contributed by atoms with E-state index in [1.54, 1.807) is 20.8 Å². The molecule has 0 aromatic carbocycles. The van der Waals surface area contributed by atoms with Crippen molar-refractivity contribution in [3.63, 3.8) is 0 Å². The van der Waals surface area contributed by atoms with Gasteiger partial charge in [0.15, 0.2) is 0 Å². The van der Waals surface area contributed by atoms with Gasteiger partial charge in [0.25, 0.3) is 0 Å². The number of carbonyl (C=O) groups excluding carboxylic acids is 1. The highest BCUT2D eigenvalue weighted by molar-refractivity contribution is 5.95. The summed E-state index contributed by atoms with van der Waals surface area (Å²) in [6.07, 6.45) is 1.32. The summed E-state index contributed by atoms with van der Waals surface area (Å²) < 4.78 is 5.14. The lowest BCUT2D eigenvalue weighted by Gasteiger charge is -2.19. The van der Waals surface area contributed by atoms with E-state index in [1.165, 1.54) is 12.3 Å². The highest BCUT2D eigenvalue weighted by Crippen LogP contribution is 2.17. The fourth-order valence-corrected chi connectivity index (χ4v) is 0.992. The van der Waals surface area contributed by atoms with Crippen LogP contribution in [0.4, 0.5) is 11.5 Å². The third-order valence-corrected chi connectivity index (χ3v) is 1.58. The minimum Gasteiger partial charge on any atom is -0.456 e. The molecule has 1 rings (SSSR count). The van der Waals surface area contributed by atoms with E-state index in [0.29, 0.717) is 0 Å². The first-order valence-electron chi connectivity index (χ1n) is 4.54. The first-order valence-corrected chi connectivity index (χ1v) is 4.54. The topological polar surface area (TPSA) is 91.2 Å². The standard InChI is InChI=1S/C10H15N3O2/c1-10(2,3)15-9(14)6-5-13-8(12)4-7(6)11/h4-5H,1-3H3,(H4,11,12,13). The number of carbonyl (C=O) groups is 1. The summed E-state index contributed by atoms with van der Waals surface area (Å²) in [6.45, 7) is 5.35. The van der Waals surface area contributed by atoms with Crippen molar-refractivity contribution in [3.05, 3.63) is 17.8 Å². The van der Waals surface area contributed by atoms with Crippen molar-refractivity contribution in [1.82, 2.24) is 4.98 Å². The number of nitrogens with two attached hydrogens (primary N) is 2. The van der Waals surface area contributed by atoms with Crippen molar-refractivity contribution in [2.45, 2.75) is 26.4 Å². The largest absolute Gasteiger partial charge is 0.456 e. The van der Waals surface area contributed by atoms with E-state index in [-0.39, 0.29) is 17.1 Å². The van der Waals surface area contributed by atoms with Crippen LogP contribution in [-0.2, 0) is 4.74 Å². The van der Waals surface area contributed by atoms with Gasteiger partial charge < -0.3 is 16.2 Å². The maximum Gasteiger partial charge on any atom is 0.342 e. The van der Waals surface area contributed by atoms with Crippen LogP contribution in [0.3, 0.4) is 0 Å². The lowest BCUT2D eigenvalue weighted by Crippen LogP contribution is -2.24. The van der Waals surface area contributed by atoms with Gasteiger partial charge in [0.1, 0.15) is 17.0 Å². The summed E-state index contributed by atoms with van der Waals surface area (Å²) in [5.41, 5.74) is 11.0. The molecule has 0 aliphatic carbocycles. The van der Waals surface area contributed by atoms with Crippen molar-refractivity contribution >= 4 is 17.5 Å². The van der Waals surface area contributed by atoms with Crippen LogP contribution in [0.2, 0.25) is 0 Å². The molecule has 5 nitrogen and oxygen atoms in total. The molecule has 4 N–H and O–H groups in total. The fourth-order valence-electron chi connectivity index (χ4n) is 0.992. The SMILES string of the molecule is CC(C)(C)OC(=O)c1cnc(N)cc1N. The average molecular weight is 209 g/mol. The molecule has 0 bridgehead atoms. The normalized spacial score (nSPS) is 11.1.